The topological polar surface area (TPSA) is 48.5 Å². The predicted molar refractivity (Wildman–Crippen MR) is 204 cm³/mol. The van der Waals surface area contributed by atoms with Crippen molar-refractivity contribution in [2.45, 2.75) is 25.7 Å². The minimum absolute atomic E-state index is 0.663. The van der Waals surface area contributed by atoms with Crippen molar-refractivity contribution in [1.82, 2.24) is 24.1 Å². The molecule has 0 amide bonds. The van der Waals surface area contributed by atoms with Gasteiger partial charge < -0.3 is 9.13 Å². The van der Waals surface area contributed by atoms with Crippen LogP contribution in [0.4, 0.5) is 0 Å². The summed E-state index contributed by atoms with van der Waals surface area (Å²) in [5, 5.41) is 3.93. The van der Waals surface area contributed by atoms with Crippen LogP contribution in [0.3, 0.4) is 0 Å². The fraction of sp³-hybridized carbons (Fsp3) is 0.0889. The first-order valence-electron chi connectivity index (χ1n) is 17.4. The third-order valence-electron chi connectivity index (χ3n) is 10.1. The molecule has 0 bridgehead atoms. The van der Waals surface area contributed by atoms with Crippen LogP contribution in [0.15, 0.2) is 152 Å². The summed E-state index contributed by atoms with van der Waals surface area (Å²) in [4.78, 5) is 15.0. The zero-order valence-corrected chi connectivity index (χ0v) is 27.5. The van der Waals surface area contributed by atoms with E-state index < -0.39 is 0 Å². The first-order valence-corrected chi connectivity index (χ1v) is 17.4. The minimum Gasteiger partial charge on any atom is -0.313 e. The maximum absolute atomic E-state index is 5.05. The number of para-hydroxylation sites is 2. The molecule has 5 nitrogen and oxygen atoms in total. The van der Waals surface area contributed by atoms with Gasteiger partial charge in [0.05, 0.1) is 16.6 Å². The van der Waals surface area contributed by atoms with Crippen LogP contribution in [-0.2, 0) is 12.8 Å². The standard InChI is InChI=1S/C45H33N5/c1-4-15-30(16-5-1)43-46-44(31-17-6-2-7-18-31)48-45(47-43)32-19-14-22-34(27-32)50-40-26-13-11-24-36(40)38-28-37-35-23-10-12-25-39(35)49(41(37)29-42(38)50)33-20-8-3-9-21-33/h1-10,12,14-23,25,27-29H,11,13,24,26H2. The maximum Gasteiger partial charge on any atom is 0.164 e. The van der Waals surface area contributed by atoms with Gasteiger partial charge in [-0.2, -0.15) is 0 Å². The maximum atomic E-state index is 5.05. The van der Waals surface area contributed by atoms with E-state index in [1.54, 1.807) is 0 Å². The van der Waals surface area contributed by atoms with Crippen molar-refractivity contribution in [1.29, 1.82) is 0 Å². The summed E-state index contributed by atoms with van der Waals surface area (Å²) in [6, 6.07) is 53.5. The summed E-state index contributed by atoms with van der Waals surface area (Å²) in [5.74, 6) is 2.00. The molecule has 238 valence electrons. The Bertz CT molecular complexity index is 2630. The van der Waals surface area contributed by atoms with Gasteiger partial charge in [0.2, 0.25) is 0 Å². The van der Waals surface area contributed by atoms with Crippen molar-refractivity contribution in [3.8, 4) is 45.5 Å². The van der Waals surface area contributed by atoms with Gasteiger partial charge in [0.1, 0.15) is 0 Å². The number of rotatable bonds is 5. The molecule has 1 aliphatic rings. The highest BCUT2D eigenvalue weighted by molar-refractivity contribution is 6.14. The van der Waals surface area contributed by atoms with Crippen LogP contribution in [0.25, 0.3) is 78.2 Å². The minimum atomic E-state index is 0.663. The normalized spacial score (nSPS) is 12.9. The summed E-state index contributed by atoms with van der Waals surface area (Å²) in [6.07, 6.45) is 4.55. The van der Waals surface area contributed by atoms with E-state index in [0.717, 1.165) is 35.2 Å². The molecule has 0 aliphatic heterocycles. The van der Waals surface area contributed by atoms with Crippen molar-refractivity contribution in [2.24, 2.45) is 0 Å². The first-order chi connectivity index (χ1) is 24.8. The summed E-state index contributed by atoms with van der Waals surface area (Å²) in [6.45, 7) is 0. The highest BCUT2D eigenvalue weighted by atomic mass is 15.0. The van der Waals surface area contributed by atoms with Crippen LogP contribution in [0.2, 0.25) is 0 Å². The van der Waals surface area contributed by atoms with E-state index in [1.807, 2.05) is 36.4 Å². The summed E-state index contributed by atoms with van der Waals surface area (Å²) < 4.78 is 4.93. The lowest BCUT2D eigenvalue weighted by Gasteiger charge is -2.17. The zero-order valence-electron chi connectivity index (χ0n) is 27.5. The van der Waals surface area contributed by atoms with E-state index in [4.69, 9.17) is 15.0 Å². The lowest BCUT2D eigenvalue weighted by Crippen LogP contribution is -2.07. The monoisotopic (exact) mass is 643 g/mol. The Morgan fingerprint density at radius 1 is 0.380 bits per heavy atom. The molecular formula is C45H33N5. The zero-order chi connectivity index (χ0) is 33.0. The molecule has 0 spiro atoms. The van der Waals surface area contributed by atoms with Crippen LogP contribution < -0.4 is 0 Å². The molecule has 0 radical (unpaired) electrons. The third-order valence-corrected chi connectivity index (χ3v) is 10.1. The molecule has 9 aromatic rings. The Labute approximate surface area is 290 Å². The molecule has 0 atom stereocenters. The van der Waals surface area contributed by atoms with E-state index >= 15 is 0 Å². The quantitative estimate of drug-likeness (QED) is 0.187. The van der Waals surface area contributed by atoms with Gasteiger partial charge in [-0.3, -0.25) is 0 Å². The molecule has 0 saturated carbocycles. The van der Waals surface area contributed by atoms with Crippen LogP contribution >= 0.6 is 0 Å². The second-order valence-electron chi connectivity index (χ2n) is 13.1. The molecular weight excluding hydrogens is 611 g/mol. The molecule has 6 aromatic carbocycles. The predicted octanol–water partition coefficient (Wildman–Crippen LogP) is 10.8. The van der Waals surface area contributed by atoms with Gasteiger partial charge in [-0.25, -0.2) is 15.0 Å². The lowest BCUT2D eigenvalue weighted by atomic mass is 9.95. The van der Waals surface area contributed by atoms with E-state index in [1.165, 1.54) is 62.5 Å². The molecule has 0 N–H and O–H groups in total. The number of hydrogen-bond donors (Lipinski definition) is 0. The Morgan fingerprint density at radius 2 is 0.940 bits per heavy atom. The largest absolute Gasteiger partial charge is 0.313 e. The lowest BCUT2D eigenvalue weighted by molar-refractivity contribution is 0.667. The van der Waals surface area contributed by atoms with Crippen molar-refractivity contribution >= 4 is 32.7 Å². The summed E-state index contributed by atoms with van der Waals surface area (Å²) >= 11 is 0. The van der Waals surface area contributed by atoms with Crippen LogP contribution in [-0.4, -0.2) is 24.1 Å². The average Bonchev–Trinajstić information content (AvgIpc) is 3.70. The van der Waals surface area contributed by atoms with E-state index in [2.05, 4.69) is 124 Å². The van der Waals surface area contributed by atoms with Gasteiger partial charge in [0.15, 0.2) is 17.5 Å². The second kappa shape index (κ2) is 11.7. The number of hydrogen-bond acceptors (Lipinski definition) is 3. The van der Waals surface area contributed by atoms with Crippen molar-refractivity contribution in [3.05, 3.63) is 163 Å². The van der Waals surface area contributed by atoms with Gasteiger partial charge in [-0.15, -0.1) is 0 Å². The fourth-order valence-electron chi connectivity index (χ4n) is 7.87. The molecule has 50 heavy (non-hydrogen) atoms. The van der Waals surface area contributed by atoms with Gasteiger partial charge in [0, 0.05) is 49.9 Å². The Morgan fingerprint density at radius 3 is 1.66 bits per heavy atom. The highest BCUT2D eigenvalue weighted by Crippen LogP contribution is 2.41. The van der Waals surface area contributed by atoms with Gasteiger partial charge in [0.25, 0.3) is 0 Å². The number of aromatic nitrogens is 5. The fourth-order valence-corrected chi connectivity index (χ4v) is 7.87. The van der Waals surface area contributed by atoms with Crippen LogP contribution in [0.5, 0.6) is 0 Å². The third kappa shape index (κ3) is 4.66. The highest BCUT2D eigenvalue weighted by Gasteiger charge is 2.24. The van der Waals surface area contributed by atoms with Gasteiger partial charge >= 0.3 is 0 Å². The molecule has 3 aromatic heterocycles. The van der Waals surface area contributed by atoms with Crippen molar-refractivity contribution in [3.63, 3.8) is 0 Å². The SMILES string of the molecule is c1ccc(-c2nc(-c3ccccc3)nc(-c3cccc(-n4c5c(c6cc7c8ccccc8n(-c8ccccc8)c7cc64)CCCC5)c3)n2)cc1. The molecule has 3 heterocycles. The van der Waals surface area contributed by atoms with Crippen LogP contribution in [0, 0.1) is 0 Å². The van der Waals surface area contributed by atoms with Gasteiger partial charge in [-0.1, -0.05) is 109 Å². The van der Waals surface area contributed by atoms with Crippen molar-refractivity contribution < 1.29 is 0 Å². The molecule has 1 aliphatic carbocycles. The average molecular weight is 644 g/mol. The van der Waals surface area contributed by atoms with E-state index in [9.17, 15) is 0 Å². The van der Waals surface area contributed by atoms with Gasteiger partial charge in [-0.05, 0) is 73.7 Å². The summed E-state index contributed by atoms with van der Waals surface area (Å²) in [7, 11) is 0. The number of benzene rings is 6. The molecule has 0 saturated heterocycles. The van der Waals surface area contributed by atoms with Crippen molar-refractivity contribution in [2.75, 3.05) is 0 Å². The Balaban J connectivity index is 1.20. The molecule has 10 rings (SSSR count). The van der Waals surface area contributed by atoms with E-state index in [-0.39, 0.29) is 0 Å². The smallest absolute Gasteiger partial charge is 0.164 e. The second-order valence-corrected chi connectivity index (χ2v) is 13.1. The van der Waals surface area contributed by atoms with E-state index in [0.29, 0.717) is 17.5 Å². The van der Waals surface area contributed by atoms with Crippen LogP contribution in [0.1, 0.15) is 24.1 Å². The molecule has 5 heteroatoms. The summed E-state index contributed by atoms with van der Waals surface area (Å²) in [5.41, 5.74) is 11.8. The number of nitrogens with zero attached hydrogens (tertiary/aromatic N) is 5. The number of aryl methyl sites for hydroxylation is 1. The first kappa shape index (κ1) is 28.7. The number of fused-ring (bicyclic) bond motifs is 6. The molecule has 0 fully saturated rings. The molecule has 0 unspecified atom stereocenters. The Hall–Kier alpha value is -6.33. The Kier molecular flexibility index (Phi) is 6.69.